The van der Waals surface area contributed by atoms with E-state index in [0.29, 0.717) is 27.8 Å². The van der Waals surface area contributed by atoms with Gasteiger partial charge in [-0.2, -0.15) is 5.10 Å². The van der Waals surface area contributed by atoms with Gasteiger partial charge in [0, 0.05) is 16.6 Å². The highest BCUT2D eigenvalue weighted by Gasteiger charge is 2.19. The van der Waals surface area contributed by atoms with E-state index in [1.54, 1.807) is 6.92 Å². The molecule has 3 heterocycles. The molecule has 7 nitrogen and oxygen atoms in total. The molecule has 0 fully saturated rings. The third-order valence-electron chi connectivity index (χ3n) is 4.35. The van der Waals surface area contributed by atoms with Crippen LogP contribution < -0.4 is 20.6 Å². The van der Waals surface area contributed by atoms with Gasteiger partial charge in [-0.05, 0) is 50.6 Å². The summed E-state index contributed by atoms with van der Waals surface area (Å²) in [6.07, 6.45) is 0. The first kappa shape index (κ1) is 17.3. The first-order valence-corrected chi connectivity index (χ1v) is 9.16. The van der Waals surface area contributed by atoms with Gasteiger partial charge in [-0.3, -0.25) is 4.79 Å². The minimum Gasteiger partial charge on any atom is -0.454 e. The molecule has 0 saturated heterocycles. The molecule has 4 rings (SSSR count). The number of aromatic nitrogens is 1. The van der Waals surface area contributed by atoms with Gasteiger partial charge < -0.3 is 15.2 Å². The average molecular weight is 382 g/mol. The van der Waals surface area contributed by atoms with E-state index in [4.69, 9.17) is 15.2 Å². The van der Waals surface area contributed by atoms with Crippen LogP contribution in [0.2, 0.25) is 0 Å². The summed E-state index contributed by atoms with van der Waals surface area (Å²) in [5.74, 6) is 1.01. The lowest BCUT2D eigenvalue weighted by Crippen LogP contribution is -2.19. The first-order chi connectivity index (χ1) is 12.9. The van der Waals surface area contributed by atoms with E-state index in [2.05, 4.69) is 15.5 Å². The molecule has 0 saturated carbocycles. The fourth-order valence-electron chi connectivity index (χ4n) is 3.01. The molecule has 0 radical (unpaired) electrons. The van der Waals surface area contributed by atoms with Crippen molar-refractivity contribution in [3.05, 3.63) is 46.0 Å². The van der Waals surface area contributed by atoms with Crippen LogP contribution in [-0.2, 0) is 0 Å². The van der Waals surface area contributed by atoms with Crippen LogP contribution >= 0.6 is 11.3 Å². The fraction of sp³-hybridized carbons (Fsp3) is 0.211. The third kappa shape index (κ3) is 3.08. The quantitative estimate of drug-likeness (QED) is 0.534. The number of nitrogens with zero attached hydrogens (tertiary/aromatic N) is 2. The highest BCUT2D eigenvalue weighted by molar-refractivity contribution is 7.21. The van der Waals surface area contributed by atoms with Gasteiger partial charge in [0.15, 0.2) is 11.5 Å². The number of hydrogen-bond acceptors (Lipinski definition) is 7. The van der Waals surface area contributed by atoms with E-state index in [1.165, 1.54) is 11.3 Å². The third-order valence-corrected chi connectivity index (χ3v) is 5.44. The predicted octanol–water partition coefficient (Wildman–Crippen LogP) is 3.38. The number of rotatable bonds is 3. The highest BCUT2D eigenvalue weighted by Crippen LogP contribution is 2.35. The summed E-state index contributed by atoms with van der Waals surface area (Å²) < 4.78 is 10.7. The fourth-order valence-corrected chi connectivity index (χ4v) is 4.12. The minimum absolute atomic E-state index is 0.212. The Morgan fingerprint density at radius 1 is 1.26 bits per heavy atom. The zero-order valence-corrected chi connectivity index (χ0v) is 15.9. The van der Waals surface area contributed by atoms with E-state index >= 15 is 0 Å². The summed E-state index contributed by atoms with van der Waals surface area (Å²) in [4.78, 5) is 18.2. The van der Waals surface area contributed by atoms with Gasteiger partial charge in [-0.1, -0.05) is 0 Å². The molecule has 8 heteroatoms. The summed E-state index contributed by atoms with van der Waals surface area (Å²) in [6, 6.07) is 7.47. The summed E-state index contributed by atoms with van der Waals surface area (Å²) in [6.45, 7) is 5.90. The Kier molecular flexibility index (Phi) is 4.19. The topological polar surface area (TPSA) is 98.8 Å². The predicted molar refractivity (Wildman–Crippen MR) is 106 cm³/mol. The molecule has 0 aliphatic carbocycles. The lowest BCUT2D eigenvalue weighted by atomic mass is 10.1. The Morgan fingerprint density at radius 3 is 2.85 bits per heavy atom. The molecule has 3 N–H and O–H groups in total. The van der Waals surface area contributed by atoms with Crippen molar-refractivity contribution in [2.45, 2.75) is 20.8 Å². The van der Waals surface area contributed by atoms with Gasteiger partial charge in [0.1, 0.15) is 9.71 Å². The zero-order chi connectivity index (χ0) is 19.1. The van der Waals surface area contributed by atoms with Crippen molar-refractivity contribution in [3.63, 3.8) is 0 Å². The molecular weight excluding hydrogens is 364 g/mol. The molecule has 0 spiro atoms. The summed E-state index contributed by atoms with van der Waals surface area (Å²) in [5.41, 5.74) is 12.6. The molecule has 2 aromatic heterocycles. The largest absolute Gasteiger partial charge is 0.454 e. The van der Waals surface area contributed by atoms with Crippen LogP contribution in [0.3, 0.4) is 0 Å². The average Bonchev–Trinajstić information content (AvgIpc) is 3.23. The molecule has 3 aromatic rings. The number of amides is 1. The van der Waals surface area contributed by atoms with Gasteiger partial charge in [-0.25, -0.2) is 10.4 Å². The van der Waals surface area contributed by atoms with Crippen molar-refractivity contribution < 1.29 is 14.3 Å². The summed E-state index contributed by atoms with van der Waals surface area (Å²) >= 11 is 1.27. The SMILES string of the molecule is C/C(=N\NC(=O)c1sc2nc(C)cc(C)c2c1N)c1ccc2c(c1)OCO2. The van der Waals surface area contributed by atoms with Crippen molar-refractivity contribution in [1.29, 1.82) is 0 Å². The number of nitrogen functional groups attached to an aromatic ring is 1. The molecule has 1 aromatic carbocycles. The van der Waals surface area contributed by atoms with E-state index in [9.17, 15) is 4.79 Å². The Hall–Kier alpha value is -3.13. The summed E-state index contributed by atoms with van der Waals surface area (Å²) in [5, 5.41) is 5.03. The number of fused-ring (bicyclic) bond motifs is 2. The van der Waals surface area contributed by atoms with Crippen molar-refractivity contribution in [2.24, 2.45) is 5.10 Å². The minimum atomic E-state index is -0.354. The van der Waals surface area contributed by atoms with Gasteiger partial charge in [-0.15, -0.1) is 11.3 Å². The number of carbonyl (C=O) groups excluding carboxylic acids is 1. The van der Waals surface area contributed by atoms with Gasteiger partial charge in [0.2, 0.25) is 6.79 Å². The number of ether oxygens (including phenoxy) is 2. The number of hydrogen-bond donors (Lipinski definition) is 2. The smallest absolute Gasteiger partial charge is 0.283 e. The maximum atomic E-state index is 12.6. The van der Waals surface area contributed by atoms with Gasteiger partial charge in [0.05, 0.1) is 11.4 Å². The molecule has 138 valence electrons. The van der Waals surface area contributed by atoms with Crippen LogP contribution in [0.15, 0.2) is 29.4 Å². The Labute approximate surface area is 159 Å². The van der Waals surface area contributed by atoms with Crippen LogP contribution in [-0.4, -0.2) is 23.4 Å². The number of nitrogens with one attached hydrogen (secondary N) is 1. The lowest BCUT2D eigenvalue weighted by Gasteiger charge is -2.04. The maximum absolute atomic E-state index is 12.6. The monoisotopic (exact) mass is 382 g/mol. The van der Waals surface area contributed by atoms with Crippen LogP contribution in [0.5, 0.6) is 11.5 Å². The highest BCUT2D eigenvalue weighted by atomic mass is 32.1. The number of benzene rings is 1. The van der Waals surface area contributed by atoms with Gasteiger partial charge in [0.25, 0.3) is 5.91 Å². The van der Waals surface area contributed by atoms with Crippen molar-refractivity contribution in [3.8, 4) is 11.5 Å². The van der Waals surface area contributed by atoms with Crippen molar-refractivity contribution in [2.75, 3.05) is 12.5 Å². The molecule has 0 bridgehead atoms. The Bertz CT molecular complexity index is 1100. The normalized spacial score (nSPS) is 13.2. The van der Waals surface area contributed by atoms with Crippen molar-refractivity contribution >= 4 is 38.9 Å². The molecular formula is C19H18N4O3S. The Balaban J connectivity index is 1.59. The maximum Gasteiger partial charge on any atom is 0.283 e. The van der Waals surface area contributed by atoms with Crippen molar-refractivity contribution in [1.82, 2.24) is 10.4 Å². The lowest BCUT2D eigenvalue weighted by molar-refractivity contribution is 0.0959. The number of hydrazone groups is 1. The van der Waals surface area contributed by atoms with E-state index < -0.39 is 0 Å². The number of pyridine rings is 1. The standard InChI is InChI=1S/C19H18N4O3S/c1-9-6-10(2)21-19-15(9)16(20)17(27-19)18(24)23-22-11(3)12-4-5-13-14(7-12)26-8-25-13/h4-7H,8,20H2,1-3H3,(H,23,24)/b22-11+. The van der Waals surface area contributed by atoms with Crippen LogP contribution in [0, 0.1) is 13.8 Å². The zero-order valence-electron chi connectivity index (χ0n) is 15.1. The molecule has 1 aliphatic heterocycles. The van der Waals surface area contributed by atoms with E-state index in [1.807, 2.05) is 38.1 Å². The molecule has 0 atom stereocenters. The van der Waals surface area contributed by atoms with Crippen LogP contribution in [0.4, 0.5) is 5.69 Å². The number of carbonyl (C=O) groups is 1. The molecule has 27 heavy (non-hydrogen) atoms. The Morgan fingerprint density at radius 2 is 2.04 bits per heavy atom. The summed E-state index contributed by atoms with van der Waals surface area (Å²) in [7, 11) is 0. The van der Waals surface area contributed by atoms with Crippen LogP contribution in [0.1, 0.15) is 33.4 Å². The number of nitrogens with two attached hydrogens (primary N) is 1. The molecule has 0 unspecified atom stereocenters. The molecule has 1 amide bonds. The van der Waals surface area contributed by atoms with E-state index in [0.717, 1.165) is 27.0 Å². The second-order valence-corrected chi connectivity index (χ2v) is 7.31. The van der Waals surface area contributed by atoms with Gasteiger partial charge >= 0.3 is 0 Å². The number of anilines is 1. The first-order valence-electron chi connectivity index (χ1n) is 8.35. The number of aryl methyl sites for hydroxylation is 2. The molecule has 1 aliphatic rings. The second-order valence-electron chi connectivity index (χ2n) is 6.31. The van der Waals surface area contributed by atoms with Crippen LogP contribution in [0.25, 0.3) is 10.2 Å². The van der Waals surface area contributed by atoms with E-state index in [-0.39, 0.29) is 12.7 Å². The second kappa shape index (κ2) is 6.55. The number of thiophene rings is 1.